The number of aromatic nitrogens is 2. The summed E-state index contributed by atoms with van der Waals surface area (Å²) in [5, 5.41) is 15.0. The zero-order valence-electron chi connectivity index (χ0n) is 13.1. The molecule has 1 aromatic carbocycles. The van der Waals surface area contributed by atoms with E-state index in [0.29, 0.717) is 11.3 Å². The number of carbonyl (C=O) groups excluding carboxylic acids is 1. The quantitative estimate of drug-likeness (QED) is 0.886. The van der Waals surface area contributed by atoms with Crippen molar-refractivity contribution in [2.45, 2.75) is 20.4 Å². The molecular weight excluding hydrogens is 298 g/mol. The Morgan fingerprint density at radius 2 is 1.83 bits per heavy atom. The summed E-state index contributed by atoms with van der Waals surface area (Å²) in [6, 6.07) is 6.24. The molecule has 0 unspecified atom stereocenters. The lowest BCUT2D eigenvalue weighted by Gasteiger charge is -2.18. The van der Waals surface area contributed by atoms with Crippen LogP contribution in [0.15, 0.2) is 29.1 Å². The fraction of sp³-hybridized carbons (Fsp3) is 0.250. The molecule has 2 N–H and O–H groups in total. The molecule has 0 aliphatic heterocycles. The minimum Gasteiger partial charge on any atom is -0.478 e. The van der Waals surface area contributed by atoms with Crippen molar-refractivity contribution in [1.29, 1.82) is 0 Å². The monoisotopic (exact) mass is 315 g/mol. The van der Waals surface area contributed by atoms with Gasteiger partial charge in [0.25, 0.3) is 11.5 Å². The molecule has 2 aromatic rings. The molecule has 7 nitrogen and oxygen atoms in total. The zero-order chi connectivity index (χ0) is 17.1. The number of hydrogen-bond acceptors (Lipinski definition) is 4. The second kappa shape index (κ2) is 6.43. The van der Waals surface area contributed by atoms with Crippen molar-refractivity contribution in [2.24, 2.45) is 0 Å². The van der Waals surface area contributed by atoms with E-state index in [2.05, 4.69) is 10.2 Å². The molecule has 2 rings (SSSR count). The molecule has 0 bridgehead atoms. The van der Waals surface area contributed by atoms with Crippen LogP contribution in [0.2, 0.25) is 0 Å². The molecule has 0 aliphatic carbocycles. The third kappa shape index (κ3) is 3.45. The normalized spacial score (nSPS) is 10.4. The molecule has 0 atom stereocenters. The summed E-state index contributed by atoms with van der Waals surface area (Å²) in [6.45, 7) is 3.66. The molecule has 0 saturated carbocycles. The van der Waals surface area contributed by atoms with Gasteiger partial charge >= 0.3 is 5.97 Å². The van der Waals surface area contributed by atoms with E-state index in [1.807, 2.05) is 0 Å². The Kier molecular flexibility index (Phi) is 4.59. The lowest BCUT2D eigenvalue weighted by atomic mass is 10.1. The van der Waals surface area contributed by atoms with Gasteiger partial charge in [0.1, 0.15) is 5.56 Å². The Balaban J connectivity index is 2.22. The van der Waals surface area contributed by atoms with Gasteiger partial charge in [-0.25, -0.2) is 9.89 Å². The van der Waals surface area contributed by atoms with E-state index in [0.717, 1.165) is 5.56 Å². The molecule has 0 saturated heterocycles. The van der Waals surface area contributed by atoms with Gasteiger partial charge in [0.15, 0.2) is 0 Å². The van der Waals surface area contributed by atoms with E-state index >= 15 is 0 Å². The number of benzene rings is 1. The fourth-order valence-electron chi connectivity index (χ4n) is 2.17. The van der Waals surface area contributed by atoms with Crippen molar-refractivity contribution in [1.82, 2.24) is 15.1 Å². The number of nitrogens with one attached hydrogen (secondary N) is 1. The summed E-state index contributed by atoms with van der Waals surface area (Å²) in [4.78, 5) is 36.6. The Morgan fingerprint density at radius 3 is 2.39 bits per heavy atom. The van der Waals surface area contributed by atoms with Gasteiger partial charge in [-0.15, -0.1) is 0 Å². The lowest BCUT2D eigenvalue weighted by Crippen LogP contribution is -2.33. The van der Waals surface area contributed by atoms with Crippen molar-refractivity contribution in [3.05, 3.63) is 62.6 Å². The van der Waals surface area contributed by atoms with Gasteiger partial charge < -0.3 is 10.0 Å². The van der Waals surface area contributed by atoms with E-state index in [1.54, 1.807) is 33.0 Å². The highest BCUT2D eigenvalue weighted by Gasteiger charge is 2.20. The SMILES string of the molecule is Cc1n[nH]c(=O)c(C(=O)N(C)Cc2ccc(C(=O)O)cc2)c1C. The van der Waals surface area contributed by atoms with Gasteiger partial charge in [-0.2, -0.15) is 5.10 Å². The van der Waals surface area contributed by atoms with Crippen LogP contribution in [0, 0.1) is 13.8 Å². The molecule has 0 radical (unpaired) electrons. The van der Waals surface area contributed by atoms with Crippen molar-refractivity contribution >= 4 is 11.9 Å². The van der Waals surface area contributed by atoms with E-state index in [1.165, 1.54) is 17.0 Å². The summed E-state index contributed by atoms with van der Waals surface area (Å²) in [5.74, 6) is -1.41. The molecule has 1 heterocycles. The number of hydrogen-bond donors (Lipinski definition) is 2. The van der Waals surface area contributed by atoms with Crippen molar-refractivity contribution in [3.8, 4) is 0 Å². The predicted molar refractivity (Wildman–Crippen MR) is 83.5 cm³/mol. The molecule has 120 valence electrons. The minimum absolute atomic E-state index is 0.0714. The Hall–Kier alpha value is -2.96. The fourth-order valence-corrected chi connectivity index (χ4v) is 2.17. The molecule has 0 fully saturated rings. The third-order valence-electron chi connectivity index (χ3n) is 3.65. The number of aromatic carboxylic acids is 1. The molecule has 0 spiro atoms. The van der Waals surface area contributed by atoms with Gasteiger partial charge in [0.05, 0.1) is 11.3 Å². The second-order valence-corrected chi connectivity index (χ2v) is 5.30. The molecule has 7 heteroatoms. The Bertz CT molecular complexity index is 809. The summed E-state index contributed by atoms with van der Waals surface area (Å²) < 4.78 is 0. The first-order valence-electron chi connectivity index (χ1n) is 6.95. The number of aromatic amines is 1. The molecule has 1 amide bonds. The average molecular weight is 315 g/mol. The number of carboxylic acids is 1. The largest absolute Gasteiger partial charge is 0.478 e. The smallest absolute Gasteiger partial charge is 0.335 e. The number of amides is 1. The first-order valence-corrected chi connectivity index (χ1v) is 6.95. The van der Waals surface area contributed by atoms with Crippen LogP contribution in [-0.4, -0.2) is 39.1 Å². The van der Waals surface area contributed by atoms with Crippen molar-refractivity contribution < 1.29 is 14.7 Å². The van der Waals surface area contributed by atoms with Crippen LogP contribution >= 0.6 is 0 Å². The Morgan fingerprint density at radius 1 is 1.22 bits per heavy atom. The Labute approximate surface area is 132 Å². The second-order valence-electron chi connectivity index (χ2n) is 5.30. The highest BCUT2D eigenvalue weighted by molar-refractivity contribution is 5.95. The maximum Gasteiger partial charge on any atom is 0.335 e. The van der Waals surface area contributed by atoms with Crippen LogP contribution in [0.25, 0.3) is 0 Å². The summed E-state index contributed by atoms with van der Waals surface area (Å²) in [5.41, 5.74) is 1.64. The zero-order valence-corrected chi connectivity index (χ0v) is 13.1. The van der Waals surface area contributed by atoms with Crippen LogP contribution in [0.3, 0.4) is 0 Å². The average Bonchev–Trinajstić information content (AvgIpc) is 2.51. The maximum atomic E-state index is 12.5. The standard InChI is InChI=1S/C16H17N3O4/c1-9-10(2)17-18-14(20)13(9)15(21)19(3)8-11-4-6-12(7-5-11)16(22)23/h4-7H,8H2,1-3H3,(H,18,20)(H,22,23). The first-order chi connectivity index (χ1) is 10.8. The van der Waals surface area contributed by atoms with Crippen molar-refractivity contribution in [3.63, 3.8) is 0 Å². The van der Waals surface area contributed by atoms with Crippen LogP contribution < -0.4 is 5.56 Å². The van der Waals surface area contributed by atoms with E-state index in [-0.39, 0.29) is 17.7 Å². The molecule has 0 aliphatic rings. The molecular formula is C16H17N3O4. The summed E-state index contributed by atoms with van der Waals surface area (Å²) in [6.07, 6.45) is 0. The van der Waals surface area contributed by atoms with Crippen molar-refractivity contribution in [2.75, 3.05) is 7.05 Å². The third-order valence-corrected chi connectivity index (χ3v) is 3.65. The van der Waals surface area contributed by atoms with Gasteiger partial charge in [0, 0.05) is 13.6 Å². The molecule has 1 aromatic heterocycles. The molecule has 23 heavy (non-hydrogen) atoms. The number of H-pyrrole nitrogens is 1. The van der Waals surface area contributed by atoms with Gasteiger partial charge in [-0.3, -0.25) is 9.59 Å². The number of nitrogens with zero attached hydrogens (tertiary/aromatic N) is 2. The maximum absolute atomic E-state index is 12.5. The number of rotatable bonds is 4. The van der Waals surface area contributed by atoms with Crippen LogP contribution in [0.5, 0.6) is 0 Å². The van der Waals surface area contributed by atoms with Crippen LogP contribution in [0.4, 0.5) is 0 Å². The highest BCUT2D eigenvalue weighted by Crippen LogP contribution is 2.11. The van der Waals surface area contributed by atoms with Gasteiger partial charge in [-0.05, 0) is 37.1 Å². The summed E-state index contributed by atoms with van der Waals surface area (Å²) >= 11 is 0. The van der Waals surface area contributed by atoms with Crippen LogP contribution in [0.1, 0.15) is 37.5 Å². The summed E-state index contributed by atoms with van der Waals surface area (Å²) in [7, 11) is 1.59. The van der Waals surface area contributed by atoms with E-state index in [9.17, 15) is 14.4 Å². The van der Waals surface area contributed by atoms with Crippen LogP contribution in [-0.2, 0) is 6.54 Å². The predicted octanol–water partition coefficient (Wildman–Crippen LogP) is 1.36. The van der Waals surface area contributed by atoms with Gasteiger partial charge in [-0.1, -0.05) is 12.1 Å². The highest BCUT2D eigenvalue weighted by atomic mass is 16.4. The van der Waals surface area contributed by atoms with Gasteiger partial charge in [0.2, 0.25) is 0 Å². The lowest BCUT2D eigenvalue weighted by molar-refractivity contribution is 0.0695. The topological polar surface area (TPSA) is 103 Å². The number of carboxylic acid groups (broad SMARTS) is 1. The first kappa shape index (κ1) is 16.4. The van der Waals surface area contributed by atoms with E-state index < -0.39 is 17.4 Å². The number of carbonyl (C=O) groups is 2. The minimum atomic E-state index is -1.00. The van der Waals surface area contributed by atoms with E-state index in [4.69, 9.17) is 5.11 Å². The number of aryl methyl sites for hydroxylation is 1.